The van der Waals surface area contributed by atoms with E-state index in [1.54, 1.807) is 31.2 Å². The van der Waals surface area contributed by atoms with Crippen molar-refractivity contribution in [2.45, 2.75) is 13.3 Å². The van der Waals surface area contributed by atoms with Gasteiger partial charge in [-0.1, -0.05) is 35.1 Å². The number of ether oxygens (including phenoxy) is 1. The summed E-state index contributed by atoms with van der Waals surface area (Å²) >= 11 is 6.88. The third-order valence-corrected chi connectivity index (χ3v) is 4.00. The van der Waals surface area contributed by atoms with Crippen LogP contribution < -0.4 is 5.32 Å². The van der Waals surface area contributed by atoms with Gasteiger partial charge in [0.1, 0.15) is 4.88 Å². The third-order valence-electron chi connectivity index (χ3n) is 2.69. The largest absolute Gasteiger partial charge is 0.465 e. The van der Waals surface area contributed by atoms with E-state index in [2.05, 4.69) is 15.0 Å². The number of aryl methyl sites for hydroxylation is 1. The lowest BCUT2D eigenvalue weighted by molar-refractivity contribution is -0.115. The molecule has 0 unspecified atom stereocenters. The van der Waals surface area contributed by atoms with Gasteiger partial charge in [0.2, 0.25) is 5.91 Å². The number of carbonyl (C=O) groups is 2. The summed E-state index contributed by atoms with van der Waals surface area (Å²) in [5, 5.41) is 3.68. The Balaban J connectivity index is 2.03. The molecule has 7 heteroatoms. The number of carbonyl (C=O) groups excluding carboxylic acids is 2. The summed E-state index contributed by atoms with van der Waals surface area (Å²) in [6, 6.07) is 7.03. The number of benzene rings is 1. The quantitative estimate of drug-likeness (QED) is 0.878. The van der Waals surface area contributed by atoms with Gasteiger partial charge in [0.25, 0.3) is 0 Å². The fraction of sp³-hybridized carbons (Fsp3) is 0.214. The molecule has 1 aromatic heterocycles. The average molecular weight is 325 g/mol. The fourth-order valence-electron chi connectivity index (χ4n) is 1.68. The lowest BCUT2D eigenvalue weighted by atomic mass is 10.1. The minimum absolute atomic E-state index is 0.206. The molecule has 1 N–H and O–H groups in total. The van der Waals surface area contributed by atoms with Gasteiger partial charge >= 0.3 is 5.97 Å². The highest BCUT2D eigenvalue weighted by atomic mass is 35.5. The molecule has 2 rings (SSSR count). The lowest BCUT2D eigenvalue weighted by Crippen LogP contribution is -2.14. The molecule has 0 radical (unpaired) electrons. The van der Waals surface area contributed by atoms with Crippen LogP contribution in [-0.2, 0) is 16.0 Å². The molecule has 0 aliphatic carbocycles. The van der Waals surface area contributed by atoms with E-state index in [9.17, 15) is 9.59 Å². The van der Waals surface area contributed by atoms with Crippen LogP contribution in [0.25, 0.3) is 0 Å². The highest BCUT2D eigenvalue weighted by Crippen LogP contribution is 2.23. The van der Waals surface area contributed by atoms with Gasteiger partial charge in [0.05, 0.1) is 19.2 Å². The predicted octanol–water partition coefficient (Wildman–Crippen LogP) is 3.07. The number of rotatable bonds is 4. The Morgan fingerprint density at radius 2 is 2.00 bits per heavy atom. The Bertz CT molecular complexity index is 667. The van der Waals surface area contributed by atoms with Crippen LogP contribution in [0.3, 0.4) is 0 Å². The van der Waals surface area contributed by atoms with E-state index in [1.807, 2.05) is 0 Å². The van der Waals surface area contributed by atoms with Crippen LogP contribution >= 0.6 is 22.9 Å². The molecule has 2 aromatic rings. The van der Waals surface area contributed by atoms with Gasteiger partial charge in [-0.2, -0.15) is 0 Å². The van der Waals surface area contributed by atoms with Gasteiger partial charge < -0.3 is 10.1 Å². The standard InChI is InChI=1S/C14H13ClN2O3S/c1-8-12(13(19)20-2)21-14(16-8)17-11(18)7-9-3-5-10(15)6-4-9/h3-6H,7H2,1-2H3,(H,16,17,18). The third kappa shape index (κ3) is 4.03. The lowest BCUT2D eigenvalue weighted by Gasteiger charge is -2.02. The van der Waals surface area contributed by atoms with Crippen molar-refractivity contribution in [1.82, 2.24) is 4.98 Å². The van der Waals surface area contributed by atoms with Gasteiger partial charge in [-0.25, -0.2) is 9.78 Å². The average Bonchev–Trinajstić information content (AvgIpc) is 2.81. The number of anilines is 1. The fourth-order valence-corrected chi connectivity index (χ4v) is 2.71. The van der Waals surface area contributed by atoms with E-state index in [1.165, 1.54) is 7.11 Å². The minimum atomic E-state index is -0.455. The molecule has 0 fully saturated rings. The van der Waals surface area contributed by atoms with Crippen LogP contribution in [-0.4, -0.2) is 24.0 Å². The second kappa shape index (κ2) is 6.69. The predicted molar refractivity (Wildman–Crippen MR) is 82.0 cm³/mol. The summed E-state index contributed by atoms with van der Waals surface area (Å²) in [4.78, 5) is 27.9. The molecular weight excluding hydrogens is 312 g/mol. The van der Waals surface area contributed by atoms with E-state index in [0.717, 1.165) is 16.9 Å². The van der Waals surface area contributed by atoms with Crippen molar-refractivity contribution in [2.24, 2.45) is 0 Å². The number of methoxy groups -OCH3 is 1. The molecule has 0 aliphatic heterocycles. The van der Waals surface area contributed by atoms with Crippen LogP contribution in [0, 0.1) is 6.92 Å². The summed E-state index contributed by atoms with van der Waals surface area (Å²) < 4.78 is 4.65. The van der Waals surface area contributed by atoms with E-state index < -0.39 is 5.97 Å². The number of amides is 1. The Morgan fingerprint density at radius 3 is 2.62 bits per heavy atom. The molecule has 0 bridgehead atoms. The number of hydrogen-bond donors (Lipinski definition) is 1. The number of esters is 1. The molecule has 0 saturated carbocycles. The molecule has 1 heterocycles. The van der Waals surface area contributed by atoms with Crippen molar-refractivity contribution in [3.8, 4) is 0 Å². The number of aromatic nitrogens is 1. The van der Waals surface area contributed by atoms with Crippen LogP contribution in [0.2, 0.25) is 5.02 Å². The van der Waals surface area contributed by atoms with Crippen LogP contribution in [0.1, 0.15) is 20.9 Å². The molecule has 1 aromatic carbocycles. The summed E-state index contributed by atoms with van der Waals surface area (Å²) in [6.07, 6.45) is 0.212. The molecule has 5 nitrogen and oxygen atoms in total. The van der Waals surface area contributed by atoms with Gasteiger partial charge in [-0.15, -0.1) is 0 Å². The SMILES string of the molecule is COC(=O)c1sc(NC(=O)Cc2ccc(Cl)cc2)nc1C. The summed E-state index contributed by atoms with van der Waals surface area (Å²) in [7, 11) is 1.31. The first-order valence-corrected chi connectivity index (χ1v) is 7.29. The first kappa shape index (κ1) is 15.5. The molecule has 1 amide bonds. The Labute approximate surface area is 130 Å². The molecule has 110 valence electrons. The number of hydrogen-bond acceptors (Lipinski definition) is 5. The molecule has 0 aliphatic rings. The van der Waals surface area contributed by atoms with Gasteiger partial charge in [-0.05, 0) is 24.6 Å². The van der Waals surface area contributed by atoms with Crippen LogP contribution in [0.5, 0.6) is 0 Å². The number of nitrogens with one attached hydrogen (secondary N) is 1. The van der Waals surface area contributed by atoms with Gasteiger partial charge in [-0.3, -0.25) is 4.79 Å². The summed E-state index contributed by atoms with van der Waals surface area (Å²) in [5.41, 5.74) is 1.38. The van der Waals surface area contributed by atoms with Gasteiger partial charge in [0.15, 0.2) is 5.13 Å². The smallest absolute Gasteiger partial charge is 0.350 e. The maximum absolute atomic E-state index is 11.9. The van der Waals surface area contributed by atoms with Crippen molar-refractivity contribution in [1.29, 1.82) is 0 Å². The molecule has 0 saturated heterocycles. The number of thiazole rings is 1. The highest BCUT2D eigenvalue weighted by Gasteiger charge is 2.16. The minimum Gasteiger partial charge on any atom is -0.465 e. The first-order valence-electron chi connectivity index (χ1n) is 6.09. The van der Waals surface area contributed by atoms with Gasteiger partial charge in [0, 0.05) is 5.02 Å². The van der Waals surface area contributed by atoms with Crippen molar-refractivity contribution in [3.63, 3.8) is 0 Å². The zero-order valence-corrected chi connectivity index (χ0v) is 13.0. The Morgan fingerprint density at radius 1 is 1.33 bits per heavy atom. The van der Waals surface area contributed by atoms with Crippen LogP contribution in [0.15, 0.2) is 24.3 Å². The molecule has 0 spiro atoms. The van der Waals surface area contributed by atoms with E-state index in [0.29, 0.717) is 20.7 Å². The van der Waals surface area contributed by atoms with Crippen molar-refractivity contribution in [3.05, 3.63) is 45.4 Å². The molecule has 0 atom stereocenters. The Kier molecular flexibility index (Phi) is 4.93. The van der Waals surface area contributed by atoms with E-state index in [-0.39, 0.29) is 12.3 Å². The summed E-state index contributed by atoms with van der Waals surface area (Å²) in [6.45, 7) is 1.69. The second-order valence-corrected chi connectivity index (χ2v) is 5.71. The van der Waals surface area contributed by atoms with Crippen molar-refractivity contribution < 1.29 is 14.3 Å². The zero-order chi connectivity index (χ0) is 15.4. The zero-order valence-electron chi connectivity index (χ0n) is 11.5. The monoisotopic (exact) mass is 324 g/mol. The maximum Gasteiger partial charge on any atom is 0.350 e. The van der Waals surface area contributed by atoms with E-state index >= 15 is 0 Å². The number of halogens is 1. The first-order chi connectivity index (χ1) is 9.99. The maximum atomic E-state index is 11.9. The molecular formula is C14H13ClN2O3S. The number of nitrogens with zero attached hydrogens (tertiary/aromatic N) is 1. The topological polar surface area (TPSA) is 68.3 Å². The van der Waals surface area contributed by atoms with Crippen molar-refractivity contribution >= 4 is 39.9 Å². The van der Waals surface area contributed by atoms with Crippen molar-refractivity contribution in [2.75, 3.05) is 12.4 Å². The highest BCUT2D eigenvalue weighted by molar-refractivity contribution is 7.17. The normalized spacial score (nSPS) is 10.2. The molecule has 21 heavy (non-hydrogen) atoms. The second-order valence-electron chi connectivity index (χ2n) is 4.28. The summed E-state index contributed by atoms with van der Waals surface area (Å²) in [5.74, 6) is -0.661. The van der Waals surface area contributed by atoms with Crippen LogP contribution in [0.4, 0.5) is 5.13 Å². The van der Waals surface area contributed by atoms with E-state index in [4.69, 9.17) is 11.6 Å². The Hall–Kier alpha value is -1.92.